The van der Waals surface area contributed by atoms with Gasteiger partial charge in [-0.1, -0.05) is 0 Å². The van der Waals surface area contributed by atoms with E-state index in [1.807, 2.05) is 13.8 Å². The maximum absolute atomic E-state index is 14.3. The molecule has 3 rings (SSSR count). The number of carbonyl (C=O) groups excluding carboxylic acids is 1. The first kappa shape index (κ1) is 23.8. The number of rotatable bonds is 8. The van der Waals surface area contributed by atoms with Crippen molar-refractivity contribution in [3.63, 3.8) is 0 Å². The molecule has 0 spiro atoms. The van der Waals surface area contributed by atoms with E-state index in [-0.39, 0.29) is 23.9 Å². The van der Waals surface area contributed by atoms with Crippen molar-refractivity contribution in [2.45, 2.75) is 37.6 Å². The summed E-state index contributed by atoms with van der Waals surface area (Å²) in [4.78, 5) is 14.0. The van der Waals surface area contributed by atoms with Crippen molar-refractivity contribution < 1.29 is 27.1 Å². The Morgan fingerprint density at radius 1 is 1.12 bits per heavy atom. The second-order valence-electron chi connectivity index (χ2n) is 7.73. The molecular weight excluding hydrogens is 437 g/mol. The number of nitrogens with one attached hydrogen (secondary N) is 2. The number of anilines is 2. The number of benzene rings is 2. The molecule has 0 atom stereocenters. The highest BCUT2D eigenvalue weighted by Gasteiger charge is 2.19. The number of hydrogen-bond acceptors (Lipinski definition) is 6. The molecule has 1 aliphatic heterocycles. The van der Waals surface area contributed by atoms with Crippen LogP contribution >= 0.6 is 0 Å². The van der Waals surface area contributed by atoms with E-state index in [1.165, 1.54) is 18.2 Å². The Morgan fingerprint density at radius 2 is 1.84 bits per heavy atom. The van der Waals surface area contributed by atoms with Crippen LogP contribution in [-0.4, -0.2) is 47.2 Å². The second kappa shape index (κ2) is 10.2. The molecule has 1 amide bonds. The summed E-state index contributed by atoms with van der Waals surface area (Å²) in [6.07, 6.45) is 0.601. The molecule has 10 heteroatoms. The van der Waals surface area contributed by atoms with E-state index in [2.05, 4.69) is 10.0 Å². The van der Waals surface area contributed by atoms with E-state index >= 15 is 0 Å². The standard InChI is InChI=1S/C22H28FN3O5S/c1-15(2)26(3)19-7-5-16(13-18(19)23)25-22(27)9-10-24-32(28,29)17-6-8-20-21(14-17)31-12-4-11-30-20/h5-8,13-15,24H,4,9-12H2,1-3H3,(H,25,27). The van der Waals surface area contributed by atoms with Gasteiger partial charge in [0.2, 0.25) is 15.9 Å². The normalized spacial score (nSPS) is 13.5. The Morgan fingerprint density at radius 3 is 2.53 bits per heavy atom. The summed E-state index contributed by atoms with van der Waals surface area (Å²) in [5.41, 5.74) is 0.736. The maximum Gasteiger partial charge on any atom is 0.240 e. The van der Waals surface area contributed by atoms with Gasteiger partial charge in [-0.2, -0.15) is 0 Å². The minimum Gasteiger partial charge on any atom is -0.490 e. The molecule has 2 aromatic rings. The molecule has 0 radical (unpaired) electrons. The van der Waals surface area contributed by atoms with E-state index in [0.29, 0.717) is 42.5 Å². The molecule has 2 aromatic carbocycles. The zero-order chi connectivity index (χ0) is 23.3. The number of hydrogen-bond donors (Lipinski definition) is 2. The molecule has 0 aliphatic carbocycles. The molecule has 0 bridgehead atoms. The lowest BCUT2D eigenvalue weighted by atomic mass is 10.2. The average Bonchev–Trinajstić information content (AvgIpc) is 2.98. The average molecular weight is 466 g/mol. The second-order valence-corrected chi connectivity index (χ2v) is 9.49. The third-order valence-corrected chi connectivity index (χ3v) is 6.52. The lowest BCUT2D eigenvalue weighted by molar-refractivity contribution is -0.116. The summed E-state index contributed by atoms with van der Waals surface area (Å²) in [5.74, 6) is -0.0137. The predicted octanol–water partition coefficient (Wildman–Crippen LogP) is 3.14. The fraction of sp³-hybridized carbons (Fsp3) is 0.409. The van der Waals surface area contributed by atoms with Crippen molar-refractivity contribution in [2.24, 2.45) is 0 Å². The zero-order valence-corrected chi connectivity index (χ0v) is 19.2. The zero-order valence-electron chi connectivity index (χ0n) is 18.4. The van der Waals surface area contributed by atoms with Crippen LogP contribution in [0.5, 0.6) is 11.5 Å². The first-order valence-corrected chi connectivity index (χ1v) is 11.9. The van der Waals surface area contributed by atoms with Gasteiger partial charge in [0.1, 0.15) is 5.82 Å². The third kappa shape index (κ3) is 5.89. The molecular formula is C22H28FN3O5S. The highest BCUT2D eigenvalue weighted by molar-refractivity contribution is 7.89. The SMILES string of the molecule is CC(C)N(C)c1ccc(NC(=O)CCNS(=O)(=O)c2ccc3c(c2)OCCCO3)cc1F. The largest absolute Gasteiger partial charge is 0.490 e. The number of halogens is 1. The summed E-state index contributed by atoms with van der Waals surface area (Å²) in [6.45, 7) is 4.73. The van der Waals surface area contributed by atoms with E-state index in [0.717, 1.165) is 0 Å². The molecule has 0 saturated carbocycles. The summed E-state index contributed by atoms with van der Waals surface area (Å²) < 4.78 is 52.9. The minimum atomic E-state index is -3.84. The van der Waals surface area contributed by atoms with E-state index in [9.17, 15) is 17.6 Å². The fourth-order valence-electron chi connectivity index (χ4n) is 3.07. The molecule has 8 nitrogen and oxygen atoms in total. The van der Waals surface area contributed by atoms with Gasteiger partial charge in [0.15, 0.2) is 11.5 Å². The van der Waals surface area contributed by atoms with E-state index < -0.39 is 21.7 Å². The van der Waals surface area contributed by atoms with Crippen molar-refractivity contribution in [1.29, 1.82) is 0 Å². The van der Waals surface area contributed by atoms with Crippen molar-refractivity contribution in [3.05, 3.63) is 42.2 Å². The Balaban J connectivity index is 1.55. The highest BCUT2D eigenvalue weighted by Crippen LogP contribution is 2.31. The monoisotopic (exact) mass is 465 g/mol. The van der Waals surface area contributed by atoms with Gasteiger partial charge in [0, 0.05) is 44.2 Å². The van der Waals surface area contributed by atoms with Crippen molar-refractivity contribution in [2.75, 3.05) is 37.0 Å². The van der Waals surface area contributed by atoms with Crippen LogP contribution < -0.4 is 24.4 Å². The number of nitrogens with zero attached hydrogens (tertiary/aromatic N) is 1. The van der Waals surface area contributed by atoms with Gasteiger partial charge in [0.25, 0.3) is 0 Å². The van der Waals surface area contributed by atoms with Gasteiger partial charge in [-0.05, 0) is 44.2 Å². The number of carbonyl (C=O) groups is 1. The summed E-state index contributed by atoms with van der Waals surface area (Å²) >= 11 is 0. The third-order valence-electron chi connectivity index (χ3n) is 5.06. The smallest absolute Gasteiger partial charge is 0.240 e. The van der Waals surface area contributed by atoms with E-state index in [4.69, 9.17) is 9.47 Å². The molecule has 0 unspecified atom stereocenters. The Kier molecular flexibility index (Phi) is 7.57. The molecule has 0 aromatic heterocycles. The van der Waals surface area contributed by atoms with Gasteiger partial charge in [-0.3, -0.25) is 4.79 Å². The molecule has 0 saturated heterocycles. The van der Waals surface area contributed by atoms with Crippen LogP contribution in [-0.2, 0) is 14.8 Å². The Hall–Kier alpha value is -2.85. The first-order valence-electron chi connectivity index (χ1n) is 10.4. The Labute approximate surface area is 187 Å². The van der Waals surface area contributed by atoms with Gasteiger partial charge in [-0.25, -0.2) is 17.5 Å². The predicted molar refractivity (Wildman–Crippen MR) is 120 cm³/mol. The number of sulfonamides is 1. The summed E-state index contributed by atoms with van der Waals surface area (Å²) in [6, 6.07) is 8.95. The van der Waals surface area contributed by atoms with Crippen LogP contribution in [0.25, 0.3) is 0 Å². The van der Waals surface area contributed by atoms with Crippen LogP contribution in [0.1, 0.15) is 26.7 Å². The Bertz CT molecular complexity index is 1080. The molecule has 2 N–H and O–H groups in total. The van der Waals surface area contributed by atoms with Crippen LogP contribution in [0, 0.1) is 5.82 Å². The molecule has 1 aliphatic rings. The van der Waals surface area contributed by atoms with Crippen LogP contribution in [0.2, 0.25) is 0 Å². The lowest BCUT2D eigenvalue weighted by Gasteiger charge is -2.24. The van der Waals surface area contributed by atoms with Crippen LogP contribution in [0.15, 0.2) is 41.3 Å². The number of amides is 1. The van der Waals surface area contributed by atoms with Crippen molar-refractivity contribution in [3.8, 4) is 11.5 Å². The molecule has 174 valence electrons. The van der Waals surface area contributed by atoms with Gasteiger partial charge in [0.05, 0.1) is 23.8 Å². The van der Waals surface area contributed by atoms with Crippen LogP contribution in [0.4, 0.5) is 15.8 Å². The van der Waals surface area contributed by atoms with Crippen LogP contribution in [0.3, 0.4) is 0 Å². The van der Waals surface area contributed by atoms with Gasteiger partial charge in [-0.15, -0.1) is 0 Å². The topological polar surface area (TPSA) is 97.0 Å². The minimum absolute atomic E-state index is 0.0223. The quantitative estimate of drug-likeness (QED) is 0.622. The van der Waals surface area contributed by atoms with Gasteiger partial charge < -0.3 is 19.7 Å². The molecule has 1 heterocycles. The van der Waals surface area contributed by atoms with Gasteiger partial charge >= 0.3 is 0 Å². The van der Waals surface area contributed by atoms with E-state index in [1.54, 1.807) is 30.1 Å². The molecule has 0 fully saturated rings. The molecule has 32 heavy (non-hydrogen) atoms. The summed E-state index contributed by atoms with van der Waals surface area (Å²) in [7, 11) is -2.05. The van der Waals surface area contributed by atoms with Crippen molar-refractivity contribution in [1.82, 2.24) is 4.72 Å². The number of ether oxygens (including phenoxy) is 2. The fourth-order valence-corrected chi connectivity index (χ4v) is 4.11. The summed E-state index contributed by atoms with van der Waals surface area (Å²) in [5, 5.41) is 2.58. The number of fused-ring (bicyclic) bond motifs is 1. The van der Waals surface area contributed by atoms with Crippen molar-refractivity contribution >= 4 is 27.3 Å². The maximum atomic E-state index is 14.3. The first-order chi connectivity index (χ1) is 15.2. The highest BCUT2D eigenvalue weighted by atomic mass is 32.2. The lowest BCUT2D eigenvalue weighted by Crippen LogP contribution is -2.28.